The first kappa shape index (κ1) is 18.8. The molecule has 132 valence electrons. The molecular formula is C18H19BrN2O4. The number of rotatable bonds is 8. The normalized spacial score (nSPS) is 10.6. The maximum atomic E-state index is 12.0. The lowest BCUT2D eigenvalue weighted by Crippen LogP contribution is -2.28. The Balaban J connectivity index is 2.00. The number of nitrogens with zero attached hydrogens (tertiary/aromatic N) is 1. The number of carbonyl (C=O) groups is 1. The van der Waals surface area contributed by atoms with E-state index in [1.54, 1.807) is 12.1 Å². The van der Waals surface area contributed by atoms with Gasteiger partial charge in [0.1, 0.15) is 0 Å². The summed E-state index contributed by atoms with van der Waals surface area (Å²) in [4.78, 5) is 12.0. The molecule has 0 heterocycles. The highest BCUT2D eigenvalue weighted by Crippen LogP contribution is 2.36. The van der Waals surface area contributed by atoms with Gasteiger partial charge in [0, 0.05) is 12.1 Å². The zero-order valence-electron chi connectivity index (χ0n) is 13.7. The third-order valence-corrected chi connectivity index (χ3v) is 3.81. The van der Waals surface area contributed by atoms with Crippen molar-refractivity contribution in [2.24, 2.45) is 5.16 Å². The zero-order chi connectivity index (χ0) is 18.1. The third kappa shape index (κ3) is 5.79. The van der Waals surface area contributed by atoms with Crippen molar-refractivity contribution in [1.29, 1.82) is 0 Å². The maximum Gasteiger partial charge on any atom is 0.258 e. The summed E-state index contributed by atoms with van der Waals surface area (Å²) in [6.45, 7) is 2.58. The standard InChI is InChI=1S/C18H19BrN2O4/c1-2-24-16-9-14(11-21-23)8-15(19)18(16)25-12-17(22)20-10-13-6-4-3-5-7-13/h3-9,11,23H,2,10,12H2,1H3,(H,20,22). The number of nitrogens with one attached hydrogen (secondary N) is 1. The first-order chi connectivity index (χ1) is 12.1. The molecule has 25 heavy (non-hydrogen) atoms. The molecule has 0 atom stereocenters. The Labute approximate surface area is 154 Å². The quantitative estimate of drug-likeness (QED) is 0.400. The van der Waals surface area contributed by atoms with Gasteiger partial charge in [-0.15, -0.1) is 0 Å². The van der Waals surface area contributed by atoms with Crippen molar-refractivity contribution < 1.29 is 19.5 Å². The summed E-state index contributed by atoms with van der Waals surface area (Å²) in [5.74, 6) is 0.647. The molecule has 1 amide bonds. The number of benzene rings is 2. The Morgan fingerprint density at radius 2 is 2.04 bits per heavy atom. The molecule has 0 aliphatic rings. The smallest absolute Gasteiger partial charge is 0.258 e. The molecule has 2 aromatic carbocycles. The highest BCUT2D eigenvalue weighted by molar-refractivity contribution is 9.10. The lowest BCUT2D eigenvalue weighted by Gasteiger charge is -2.14. The zero-order valence-corrected chi connectivity index (χ0v) is 15.3. The van der Waals surface area contributed by atoms with E-state index in [1.165, 1.54) is 6.21 Å². The summed E-state index contributed by atoms with van der Waals surface area (Å²) in [5.41, 5.74) is 1.65. The molecule has 0 aromatic heterocycles. The van der Waals surface area contributed by atoms with E-state index in [2.05, 4.69) is 26.4 Å². The van der Waals surface area contributed by atoms with E-state index in [4.69, 9.17) is 14.7 Å². The van der Waals surface area contributed by atoms with Crippen molar-refractivity contribution in [2.45, 2.75) is 13.5 Å². The Bertz CT molecular complexity index is 735. The van der Waals surface area contributed by atoms with Gasteiger partial charge < -0.3 is 20.0 Å². The molecule has 0 radical (unpaired) electrons. The largest absolute Gasteiger partial charge is 0.490 e. The number of carbonyl (C=O) groups excluding carboxylic acids is 1. The summed E-state index contributed by atoms with van der Waals surface area (Å²) in [6, 6.07) is 13.0. The van der Waals surface area contributed by atoms with Crippen LogP contribution in [-0.2, 0) is 11.3 Å². The Kier molecular flexibility index (Phi) is 7.28. The Hall–Kier alpha value is -2.54. The summed E-state index contributed by atoms with van der Waals surface area (Å²) < 4.78 is 11.8. The van der Waals surface area contributed by atoms with Crippen molar-refractivity contribution in [3.8, 4) is 11.5 Å². The predicted molar refractivity (Wildman–Crippen MR) is 98.5 cm³/mol. The highest BCUT2D eigenvalue weighted by Gasteiger charge is 2.13. The van der Waals surface area contributed by atoms with Crippen molar-refractivity contribution in [2.75, 3.05) is 13.2 Å². The highest BCUT2D eigenvalue weighted by atomic mass is 79.9. The van der Waals surface area contributed by atoms with Crippen LogP contribution < -0.4 is 14.8 Å². The number of halogens is 1. The fourth-order valence-electron chi connectivity index (χ4n) is 2.12. The minimum atomic E-state index is -0.237. The van der Waals surface area contributed by atoms with E-state index >= 15 is 0 Å². The molecular weight excluding hydrogens is 388 g/mol. The molecule has 0 saturated carbocycles. The molecule has 0 spiro atoms. The van der Waals surface area contributed by atoms with Gasteiger partial charge in [0.05, 0.1) is 17.3 Å². The molecule has 2 N–H and O–H groups in total. The average Bonchev–Trinajstić information content (AvgIpc) is 2.61. The molecule has 2 aromatic rings. The summed E-state index contributed by atoms with van der Waals surface area (Å²) in [6.07, 6.45) is 1.28. The van der Waals surface area contributed by atoms with Gasteiger partial charge in [0.2, 0.25) is 0 Å². The van der Waals surface area contributed by atoms with Crippen LogP contribution >= 0.6 is 15.9 Å². The molecule has 0 saturated heterocycles. The number of oxime groups is 1. The molecule has 0 fully saturated rings. The first-order valence-corrected chi connectivity index (χ1v) is 8.50. The van der Waals surface area contributed by atoms with E-state index in [1.807, 2.05) is 37.3 Å². The van der Waals surface area contributed by atoms with Crippen LogP contribution in [0.5, 0.6) is 11.5 Å². The van der Waals surface area contributed by atoms with E-state index in [9.17, 15) is 4.79 Å². The second-order valence-electron chi connectivity index (χ2n) is 5.06. The van der Waals surface area contributed by atoms with Gasteiger partial charge in [-0.1, -0.05) is 35.5 Å². The van der Waals surface area contributed by atoms with Crippen LogP contribution in [0.2, 0.25) is 0 Å². The van der Waals surface area contributed by atoms with Crippen LogP contribution in [0, 0.1) is 0 Å². The summed E-state index contributed by atoms with van der Waals surface area (Å²) in [7, 11) is 0. The van der Waals surface area contributed by atoms with Gasteiger partial charge in [0.25, 0.3) is 5.91 Å². The topological polar surface area (TPSA) is 80.2 Å². The van der Waals surface area contributed by atoms with Crippen molar-refractivity contribution in [3.05, 3.63) is 58.1 Å². The molecule has 2 rings (SSSR count). The minimum absolute atomic E-state index is 0.140. The molecule has 0 aliphatic heterocycles. The van der Waals surface area contributed by atoms with Gasteiger partial charge in [-0.2, -0.15) is 0 Å². The average molecular weight is 407 g/mol. The lowest BCUT2D eigenvalue weighted by atomic mass is 10.2. The first-order valence-electron chi connectivity index (χ1n) is 7.71. The van der Waals surface area contributed by atoms with E-state index in [0.29, 0.717) is 34.7 Å². The van der Waals surface area contributed by atoms with Gasteiger partial charge in [0.15, 0.2) is 18.1 Å². The van der Waals surface area contributed by atoms with Gasteiger partial charge >= 0.3 is 0 Å². The fraction of sp³-hybridized carbons (Fsp3) is 0.222. The van der Waals surface area contributed by atoms with Crippen LogP contribution in [0.4, 0.5) is 0 Å². The predicted octanol–water partition coefficient (Wildman–Crippen LogP) is 3.35. The molecule has 0 aliphatic carbocycles. The van der Waals surface area contributed by atoms with Crippen molar-refractivity contribution >= 4 is 28.1 Å². The number of hydrogen-bond acceptors (Lipinski definition) is 5. The SMILES string of the molecule is CCOc1cc(C=NO)cc(Br)c1OCC(=O)NCc1ccccc1. The Morgan fingerprint density at radius 1 is 1.28 bits per heavy atom. The van der Waals surface area contributed by atoms with E-state index < -0.39 is 0 Å². The monoisotopic (exact) mass is 406 g/mol. The molecule has 7 heteroatoms. The number of amides is 1. The van der Waals surface area contributed by atoms with Gasteiger partial charge in [-0.05, 0) is 40.5 Å². The second-order valence-corrected chi connectivity index (χ2v) is 5.91. The minimum Gasteiger partial charge on any atom is -0.490 e. The van der Waals surface area contributed by atoms with E-state index in [0.717, 1.165) is 5.56 Å². The fourth-order valence-corrected chi connectivity index (χ4v) is 2.69. The van der Waals surface area contributed by atoms with Gasteiger partial charge in [-0.25, -0.2) is 0 Å². The van der Waals surface area contributed by atoms with Crippen LogP contribution in [0.25, 0.3) is 0 Å². The third-order valence-electron chi connectivity index (χ3n) is 3.22. The van der Waals surface area contributed by atoms with Gasteiger partial charge in [-0.3, -0.25) is 4.79 Å². The van der Waals surface area contributed by atoms with Crippen molar-refractivity contribution in [1.82, 2.24) is 5.32 Å². The van der Waals surface area contributed by atoms with E-state index in [-0.39, 0.29) is 12.5 Å². The van der Waals surface area contributed by atoms with Crippen LogP contribution in [0.15, 0.2) is 52.1 Å². The molecule has 0 unspecified atom stereocenters. The molecule has 6 nitrogen and oxygen atoms in total. The van der Waals surface area contributed by atoms with Crippen LogP contribution in [-0.4, -0.2) is 30.5 Å². The molecule has 0 bridgehead atoms. The summed E-state index contributed by atoms with van der Waals surface area (Å²) >= 11 is 3.38. The number of ether oxygens (including phenoxy) is 2. The lowest BCUT2D eigenvalue weighted by molar-refractivity contribution is -0.123. The summed E-state index contributed by atoms with van der Waals surface area (Å²) in [5, 5.41) is 14.5. The second kappa shape index (κ2) is 9.68. The van der Waals surface area contributed by atoms with Crippen LogP contribution in [0.3, 0.4) is 0 Å². The number of hydrogen-bond donors (Lipinski definition) is 2. The maximum absolute atomic E-state index is 12.0. The van der Waals surface area contributed by atoms with Crippen molar-refractivity contribution in [3.63, 3.8) is 0 Å². The Morgan fingerprint density at radius 3 is 2.72 bits per heavy atom. The van der Waals surface area contributed by atoms with Crippen LogP contribution in [0.1, 0.15) is 18.1 Å².